The molecule has 156 valence electrons. The average molecular weight is 401 g/mol. The van der Waals surface area contributed by atoms with E-state index in [1.807, 2.05) is 17.2 Å². The predicted octanol–water partition coefficient (Wildman–Crippen LogP) is 1.71. The largest absolute Gasteiger partial charge is 0.493 e. The van der Waals surface area contributed by atoms with Crippen LogP contribution in [0.5, 0.6) is 11.5 Å². The number of rotatable bonds is 4. The number of carbonyl (C=O) groups is 2. The molecule has 1 aromatic carbocycles. The standard InChI is InChI=1S/C21H27N3O5/c1-27-18-11-14-15(20(25)22-16(14)12-19(18)28-2)13-23-6-8-24(9-7-23)21(26)17-5-3-4-10-29-17/h11-13,17H,3-10H2,1-2H3,(H,22,25). The molecule has 3 aliphatic rings. The molecule has 2 saturated heterocycles. The van der Waals surface area contributed by atoms with Gasteiger partial charge in [0.05, 0.1) is 25.5 Å². The second-order valence-electron chi connectivity index (χ2n) is 7.47. The van der Waals surface area contributed by atoms with Crippen molar-refractivity contribution in [3.05, 3.63) is 23.9 Å². The smallest absolute Gasteiger partial charge is 0.257 e. The van der Waals surface area contributed by atoms with E-state index in [1.54, 1.807) is 20.3 Å². The highest BCUT2D eigenvalue weighted by Crippen LogP contribution is 2.40. The summed E-state index contributed by atoms with van der Waals surface area (Å²) in [5.74, 6) is 1.10. The van der Waals surface area contributed by atoms with Gasteiger partial charge in [0.25, 0.3) is 11.8 Å². The van der Waals surface area contributed by atoms with E-state index >= 15 is 0 Å². The van der Waals surface area contributed by atoms with Crippen LogP contribution in [0.25, 0.3) is 5.57 Å². The maximum atomic E-state index is 12.6. The molecule has 29 heavy (non-hydrogen) atoms. The Morgan fingerprint density at radius 1 is 1.14 bits per heavy atom. The Hall–Kier alpha value is -2.74. The highest BCUT2D eigenvalue weighted by atomic mass is 16.5. The first-order chi connectivity index (χ1) is 14.1. The van der Waals surface area contributed by atoms with Crippen LogP contribution in [0.15, 0.2) is 18.3 Å². The van der Waals surface area contributed by atoms with Gasteiger partial charge in [-0.25, -0.2) is 0 Å². The van der Waals surface area contributed by atoms with Crippen LogP contribution in [0.1, 0.15) is 24.8 Å². The zero-order valence-corrected chi connectivity index (χ0v) is 16.9. The number of amides is 2. The molecule has 0 saturated carbocycles. The summed E-state index contributed by atoms with van der Waals surface area (Å²) < 4.78 is 16.3. The van der Waals surface area contributed by atoms with Gasteiger partial charge in [0.2, 0.25) is 0 Å². The van der Waals surface area contributed by atoms with E-state index in [4.69, 9.17) is 14.2 Å². The van der Waals surface area contributed by atoms with Crippen LogP contribution in [-0.4, -0.2) is 74.7 Å². The topological polar surface area (TPSA) is 80.3 Å². The maximum absolute atomic E-state index is 12.6. The number of carbonyl (C=O) groups excluding carboxylic acids is 2. The van der Waals surface area contributed by atoms with Crippen LogP contribution in [0, 0.1) is 0 Å². The fourth-order valence-corrected chi connectivity index (χ4v) is 4.04. The summed E-state index contributed by atoms with van der Waals surface area (Å²) in [6, 6.07) is 3.59. The Bertz CT molecular complexity index is 824. The predicted molar refractivity (Wildman–Crippen MR) is 108 cm³/mol. The molecular weight excluding hydrogens is 374 g/mol. The van der Waals surface area contributed by atoms with E-state index in [2.05, 4.69) is 10.2 Å². The van der Waals surface area contributed by atoms with Crippen molar-refractivity contribution >= 4 is 23.1 Å². The van der Waals surface area contributed by atoms with Gasteiger partial charge >= 0.3 is 0 Å². The Balaban J connectivity index is 1.45. The van der Waals surface area contributed by atoms with E-state index in [0.717, 1.165) is 24.8 Å². The van der Waals surface area contributed by atoms with Gasteiger partial charge in [0, 0.05) is 50.6 Å². The van der Waals surface area contributed by atoms with Crippen LogP contribution < -0.4 is 14.8 Å². The van der Waals surface area contributed by atoms with Gasteiger partial charge < -0.3 is 29.3 Å². The summed E-state index contributed by atoms with van der Waals surface area (Å²) in [7, 11) is 3.14. The van der Waals surface area contributed by atoms with Crippen molar-refractivity contribution in [1.82, 2.24) is 9.80 Å². The van der Waals surface area contributed by atoms with Crippen molar-refractivity contribution in [3.63, 3.8) is 0 Å². The first kappa shape index (κ1) is 19.6. The van der Waals surface area contributed by atoms with E-state index in [1.165, 1.54) is 0 Å². The minimum atomic E-state index is -0.288. The van der Waals surface area contributed by atoms with Gasteiger partial charge in [0.1, 0.15) is 6.10 Å². The van der Waals surface area contributed by atoms with Crippen molar-refractivity contribution in [2.24, 2.45) is 0 Å². The van der Waals surface area contributed by atoms with Crippen molar-refractivity contribution in [1.29, 1.82) is 0 Å². The molecule has 3 aliphatic heterocycles. The number of anilines is 1. The summed E-state index contributed by atoms with van der Waals surface area (Å²) in [6.07, 6.45) is 4.48. The first-order valence-electron chi connectivity index (χ1n) is 10.0. The van der Waals surface area contributed by atoms with Crippen molar-refractivity contribution in [2.45, 2.75) is 25.4 Å². The molecule has 0 aromatic heterocycles. The highest BCUT2D eigenvalue weighted by Gasteiger charge is 2.31. The molecule has 1 N–H and O–H groups in total. The number of ether oxygens (including phenoxy) is 3. The van der Waals surface area contributed by atoms with Gasteiger partial charge in [0.15, 0.2) is 11.5 Å². The number of piperazine rings is 1. The lowest BCUT2D eigenvalue weighted by Gasteiger charge is -2.36. The van der Waals surface area contributed by atoms with E-state index in [-0.39, 0.29) is 17.9 Å². The third kappa shape index (κ3) is 3.89. The molecule has 0 aliphatic carbocycles. The van der Waals surface area contributed by atoms with Crippen LogP contribution in [0.4, 0.5) is 5.69 Å². The summed E-state index contributed by atoms with van der Waals surface area (Å²) in [4.78, 5) is 29.1. The van der Waals surface area contributed by atoms with Gasteiger partial charge in [-0.05, 0) is 25.3 Å². The lowest BCUT2D eigenvalue weighted by molar-refractivity contribution is -0.147. The molecule has 1 unspecified atom stereocenters. The normalized spacial score (nSPS) is 23.0. The van der Waals surface area contributed by atoms with Crippen molar-refractivity contribution in [2.75, 3.05) is 52.3 Å². The maximum Gasteiger partial charge on any atom is 0.257 e. The average Bonchev–Trinajstić information content (AvgIpc) is 3.07. The molecule has 0 spiro atoms. The molecule has 2 fully saturated rings. The second kappa shape index (κ2) is 8.32. The molecule has 0 bridgehead atoms. The second-order valence-corrected chi connectivity index (χ2v) is 7.47. The molecule has 3 heterocycles. The minimum absolute atomic E-state index is 0.0952. The molecule has 1 aromatic rings. The zero-order valence-electron chi connectivity index (χ0n) is 16.9. The SMILES string of the molecule is COc1cc2c(cc1OC)C(=CN1CCN(C(=O)C3CCCCO3)CC1)C(=O)N2. The molecule has 2 amide bonds. The Morgan fingerprint density at radius 2 is 1.86 bits per heavy atom. The van der Waals surface area contributed by atoms with Gasteiger partial charge in [-0.2, -0.15) is 0 Å². The minimum Gasteiger partial charge on any atom is -0.493 e. The van der Waals surface area contributed by atoms with E-state index in [0.29, 0.717) is 55.5 Å². The molecule has 8 nitrogen and oxygen atoms in total. The molecule has 8 heteroatoms. The quantitative estimate of drug-likeness (QED) is 0.774. The fraction of sp³-hybridized carbons (Fsp3) is 0.524. The number of hydrogen-bond acceptors (Lipinski definition) is 6. The number of fused-ring (bicyclic) bond motifs is 1. The van der Waals surface area contributed by atoms with Gasteiger partial charge in [-0.15, -0.1) is 0 Å². The number of benzene rings is 1. The lowest BCUT2D eigenvalue weighted by atomic mass is 10.1. The highest BCUT2D eigenvalue weighted by molar-refractivity contribution is 6.31. The van der Waals surface area contributed by atoms with E-state index in [9.17, 15) is 9.59 Å². The molecule has 4 rings (SSSR count). The van der Waals surface area contributed by atoms with Crippen LogP contribution in [-0.2, 0) is 14.3 Å². The zero-order chi connectivity index (χ0) is 20.4. The number of methoxy groups -OCH3 is 2. The first-order valence-corrected chi connectivity index (χ1v) is 10.0. The van der Waals surface area contributed by atoms with Crippen LogP contribution in [0.2, 0.25) is 0 Å². The fourth-order valence-electron chi connectivity index (χ4n) is 4.04. The number of nitrogens with one attached hydrogen (secondary N) is 1. The number of nitrogens with zero attached hydrogens (tertiary/aromatic N) is 2. The third-order valence-electron chi connectivity index (χ3n) is 5.70. The molecule has 1 atom stereocenters. The third-order valence-corrected chi connectivity index (χ3v) is 5.70. The molecule has 0 radical (unpaired) electrons. The number of hydrogen-bond donors (Lipinski definition) is 1. The van der Waals surface area contributed by atoms with Crippen molar-refractivity contribution in [3.8, 4) is 11.5 Å². The summed E-state index contributed by atoms with van der Waals surface area (Å²) in [5.41, 5.74) is 2.10. The molecular formula is C21H27N3O5. The summed E-state index contributed by atoms with van der Waals surface area (Å²) in [6.45, 7) is 3.28. The summed E-state index contributed by atoms with van der Waals surface area (Å²) in [5, 5.41) is 2.88. The summed E-state index contributed by atoms with van der Waals surface area (Å²) >= 11 is 0. The Morgan fingerprint density at radius 3 is 2.52 bits per heavy atom. The monoisotopic (exact) mass is 401 g/mol. The Kier molecular flexibility index (Phi) is 5.62. The van der Waals surface area contributed by atoms with E-state index < -0.39 is 0 Å². The Labute approximate surface area is 170 Å². The van der Waals surface area contributed by atoms with Crippen LogP contribution in [0.3, 0.4) is 0 Å². The van der Waals surface area contributed by atoms with Gasteiger partial charge in [-0.1, -0.05) is 0 Å². The van der Waals surface area contributed by atoms with Gasteiger partial charge in [-0.3, -0.25) is 9.59 Å². The lowest BCUT2D eigenvalue weighted by Crippen LogP contribution is -2.51. The van der Waals surface area contributed by atoms with Crippen LogP contribution >= 0.6 is 0 Å². The van der Waals surface area contributed by atoms with Crippen molar-refractivity contribution < 1.29 is 23.8 Å².